The maximum Gasteiger partial charge on any atom is 0.133 e. The molecule has 3 rings (SSSR count). The summed E-state index contributed by atoms with van der Waals surface area (Å²) in [5.74, 6) is 3.02. The highest BCUT2D eigenvalue weighted by molar-refractivity contribution is 9.10. The lowest BCUT2D eigenvalue weighted by Crippen LogP contribution is -2.43. The second-order valence-corrected chi connectivity index (χ2v) is 6.62. The number of anilines is 1. The van der Waals surface area contributed by atoms with Gasteiger partial charge in [0.05, 0.1) is 0 Å². The largest absolute Gasteiger partial charge is 0.353 e. The van der Waals surface area contributed by atoms with Crippen LogP contribution in [0.3, 0.4) is 0 Å². The van der Waals surface area contributed by atoms with E-state index in [1.165, 1.54) is 32.1 Å². The van der Waals surface area contributed by atoms with Crippen molar-refractivity contribution in [2.24, 2.45) is 5.92 Å². The summed E-state index contributed by atoms with van der Waals surface area (Å²) >= 11 is 3.54. The summed E-state index contributed by atoms with van der Waals surface area (Å²) in [7, 11) is 0. The van der Waals surface area contributed by atoms with E-state index in [2.05, 4.69) is 38.8 Å². The van der Waals surface area contributed by atoms with Gasteiger partial charge in [0.1, 0.15) is 16.2 Å². The van der Waals surface area contributed by atoms with E-state index in [0.29, 0.717) is 0 Å². The summed E-state index contributed by atoms with van der Waals surface area (Å²) < 4.78 is 0.932. The van der Waals surface area contributed by atoms with Crippen molar-refractivity contribution in [2.45, 2.75) is 57.9 Å². The van der Waals surface area contributed by atoms with E-state index in [9.17, 15) is 0 Å². The van der Waals surface area contributed by atoms with Gasteiger partial charge >= 0.3 is 0 Å². The third kappa shape index (κ3) is 2.78. The Hall–Kier alpha value is -0.640. The minimum Gasteiger partial charge on any atom is -0.353 e. The van der Waals surface area contributed by atoms with Gasteiger partial charge in [-0.05, 0) is 54.0 Å². The second kappa shape index (κ2) is 5.78. The molecule has 2 atom stereocenters. The molecule has 0 aromatic carbocycles. The SMILES string of the molecule is CCCc1nc(Br)cc(N2CCCC3CCCC32)n1. The number of rotatable bonds is 3. The Balaban J connectivity index is 1.87. The number of fused-ring (bicyclic) bond motifs is 1. The molecular formula is C15H22BrN3. The molecular weight excluding hydrogens is 302 g/mol. The van der Waals surface area contributed by atoms with Gasteiger partial charge in [-0.3, -0.25) is 0 Å². The van der Waals surface area contributed by atoms with E-state index in [1.54, 1.807) is 0 Å². The summed E-state index contributed by atoms with van der Waals surface area (Å²) in [4.78, 5) is 11.8. The van der Waals surface area contributed by atoms with Crippen LogP contribution in [-0.4, -0.2) is 22.6 Å². The smallest absolute Gasteiger partial charge is 0.133 e. The molecule has 0 N–H and O–H groups in total. The Morgan fingerprint density at radius 1 is 1.26 bits per heavy atom. The molecule has 0 bridgehead atoms. The Morgan fingerprint density at radius 3 is 2.95 bits per heavy atom. The molecule has 2 aliphatic rings. The molecule has 104 valence electrons. The molecule has 4 heteroatoms. The first kappa shape index (κ1) is 13.3. The van der Waals surface area contributed by atoms with E-state index < -0.39 is 0 Å². The fourth-order valence-electron chi connectivity index (χ4n) is 3.67. The lowest BCUT2D eigenvalue weighted by atomic mass is 9.92. The fourth-order valence-corrected chi connectivity index (χ4v) is 4.08. The molecule has 1 aliphatic carbocycles. The van der Waals surface area contributed by atoms with E-state index in [-0.39, 0.29) is 0 Å². The number of aromatic nitrogens is 2. The van der Waals surface area contributed by atoms with Crippen molar-refractivity contribution in [1.29, 1.82) is 0 Å². The predicted molar refractivity (Wildman–Crippen MR) is 81.4 cm³/mol. The van der Waals surface area contributed by atoms with Gasteiger partial charge in [-0.15, -0.1) is 0 Å². The van der Waals surface area contributed by atoms with Gasteiger partial charge in [-0.2, -0.15) is 0 Å². The number of piperidine rings is 1. The molecule has 2 fully saturated rings. The summed E-state index contributed by atoms with van der Waals surface area (Å²) in [6, 6.07) is 2.82. The lowest BCUT2D eigenvalue weighted by Gasteiger charge is -2.38. The Kier molecular flexibility index (Phi) is 4.06. The third-order valence-electron chi connectivity index (χ3n) is 4.49. The molecule has 1 aromatic heterocycles. The average molecular weight is 324 g/mol. The molecule has 19 heavy (non-hydrogen) atoms. The number of aryl methyl sites for hydroxylation is 1. The van der Waals surface area contributed by atoms with E-state index in [0.717, 1.165) is 47.6 Å². The van der Waals surface area contributed by atoms with Crippen LogP contribution in [0.5, 0.6) is 0 Å². The minimum atomic E-state index is 0.727. The molecule has 2 unspecified atom stereocenters. The third-order valence-corrected chi connectivity index (χ3v) is 4.90. The summed E-state index contributed by atoms with van der Waals surface area (Å²) in [6.45, 7) is 3.34. The molecule has 1 aliphatic heterocycles. The van der Waals surface area contributed by atoms with Crippen molar-refractivity contribution < 1.29 is 0 Å². The van der Waals surface area contributed by atoms with E-state index >= 15 is 0 Å². The van der Waals surface area contributed by atoms with Gasteiger partial charge in [0.2, 0.25) is 0 Å². The summed E-state index contributed by atoms with van der Waals surface area (Å²) in [6.07, 6.45) is 8.93. The number of hydrogen-bond donors (Lipinski definition) is 0. The van der Waals surface area contributed by atoms with Gasteiger partial charge in [-0.25, -0.2) is 9.97 Å². The van der Waals surface area contributed by atoms with Crippen molar-refractivity contribution in [2.75, 3.05) is 11.4 Å². The normalized spacial score (nSPS) is 26.5. The fraction of sp³-hybridized carbons (Fsp3) is 0.733. The molecule has 1 saturated heterocycles. The van der Waals surface area contributed by atoms with Crippen molar-refractivity contribution in [3.05, 3.63) is 16.5 Å². The zero-order valence-electron chi connectivity index (χ0n) is 11.6. The molecule has 0 spiro atoms. The zero-order chi connectivity index (χ0) is 13.2. The van der Waals surface area contributed by atoms with Gasteiger partial charge in [-0.1, -0.05) is 13.3 Å². The molecule has 2 heterocycles. The van der Waals surface area contributed by atoms with Crippen LogP contribution in [0.1, 0.15) is 51.3 Å². The second-order valence-electron chi connectivity index (χ2n) is 5.81. The average Bonchev–Trinajstić information content (AvgIpc) is 2.86. The first-order chi connectivity index (χ1) is 9.28. The molecule has 1 saturated carbocycles. The van der Waals surface area contributed by atoms with Crippen LogP contribution in [0.2, 0.25) is 0 Å². The van der Waals surface area contributed by atoms with Gasteiger partial charge in [0.15, 0.2) is 0 Å². The standard InChI is InChI=1S/C15H22BrN3/c1-2-5-14-17-13(16)10-15(18-14)19-9-4-7-11-6-3-8-12(11)19/h10-12H,2-9H2,1H3. The Labute approximate surface area is 124 Å². The van der Waals surface area contributed by atoms with Crippen molar-refractivity contribution >= 4 is 21.7 Å². The van der Waals surface area contributed by atoms with Crippen LogP contribution >= 0.6 is 15.9 Å². The number of nitrogens with zero attached hydrogens (tertiary/aromatic N) is 3. The predicted octanol–water partition coefficient (Wildman–Crippen LogP) is 3.96. The van der Waals surface area contributed by atoms with E-state index in [4.69, 9.17) is 4.98 Å². The van der Waals surface area contributed by atoms with Crippen LogP contribution in [-0.2, 0) is 6.42 Å². The molecule has 0 radical (unpaired) electrons. The maximum absolute atomic E-state index is 4.79. The first-order valence-electron chi connectivity index (χ1n) is 7.58. The monoisotopic (exact) mass is 323 g/mol. The maximum atomic E-state index is 4.79. The van der Waals surface area contributed by atoms with Crippen LogP contribution in [0.25, 0.3) is 0 Å². The Morgan fingerprint density at radius 2 is 2.11 bits per heavy atom. The van der Waals surface area contributed by atoms with Crippen LogP contribution < -0.4 is 4.90 Å². The summed E-state index contributed by atoms with van der Waals surface area (Å²) in [5, 5.41) is 0. The lowest BCUT2D eigenvalue weighted by molar-refractivity contribution is 0.360. The highest BCUT2D eigenvalue weighted by atomic mass is 79.9. The molecule has 1 aromatic rings. The first-order valence-corrected chi connectivity index (χ1v) is 8.37. The zero-order valence-corrected chi connectivity index (χ0v) is 13.2. The molecule has 3 nitrogen and oxygen atoms in total. The van der Waals surface area contributed by atoms with E-state index in [1.807, 2.05) is 0 Å². The number of hydrogen-bond acceptors (Lipinski definition) is 3. The highest BCUT2D eigenvalue weighted by Gasteiger charge is 2.35. The number of halogens is 1. The minimum absolute atomic E-state index is 0.727. The van der Waals surface area contributed by atoms with Gasteiger partial charge < -0.3 is 4.90 Å². The van der Waals surface area contributed by atoms with Gasteiger partial charge in [0.25, 0.3) is 0 Å². The molecule has 0 amide bonds. The van der Waals surface area contributed by atoms with Crippen LogP contribution in [0.4, 0.5) is 5.82 Å². The summed E-state index contributed by atoms with van der Waals surface area (Å²) in [5.41, 5.74) is 0. The highest BCUT2D eigenvalue weighted by Crippen LogP contribution is 2.38. The quantitative estimate of drug-likeness (QED) is 0.788. The Bertz CT molecular complexity index is 449. The topological polar surface area (TPSA) is 29.0 Å². The van der Waals surface area contributed by atoms with Crippen molar-refractivity contribution in [3.8, 4) is 0 Å². The van der Waals surface area contributed by atoms with Crippen LogP contribution in [0.15, 0.2) is 10.7 Å². The van der Waals surface area contributed by atoms with Gasteiger partial charge in [0, 0.05) is 25.1 Å². The van der Waals surface area contributed by atoms with Crippen LogP contribution in [0, 0.1) is 5.92 Å². The van der Waals surface area contributed by atoms with Crippen molar-refractivity contribution in [1.82, 2.24) is 9.97 Å². The van der Waals surface area contributed by atoms with Crippen molar-refractivity contribution in [3.63, 3.8) is 0 Å².